The van der Waals surface area contributed by atoms with E-state index in [1.165, 1.54) is 16.3 Å². The summed E-state index contributed by atoms with van der Waals surface area (Å²) in [5.74, 6) is -0.883. The molecular formula is C26H31ClN2O3. The molecule has 3 aromatic rings. The summed E-state index contributed by atoms with van der Waals surface area (Å²) in [6.45, 7) is 5.29. The van der Waals surface area contributed by atoms with E-state index in [0.29, 0.717) is 5.56 Å². The van der Waals surface area contributed by atoms with Gasteiger partial charge in [-0.15, -0.1) is 12.4 Å². The van der Waals surface area contributed by atoms with Crippen LogP contribution in [0.3, 0.4) is 0 Å². The summed E-state index contributed by atoms with van der Waals surface area (Å²) in [5, 5.41) is 15.2. The van der Waals surface area contributed by atoms with Crippen molar-refractivity contribution in [1.29, 1.82) is 0 Å². The summed E-state index contributed by atoms with van der Waals surface area (Å²) in [6, 6.07) is 22.2. The number of hydrogen-bond donors (Lipinski definition) is 2. The molecule has 2 N–H and O–H groups in total. The zero-order chi connectivity index (χ0) is 21.5. The lowest BCUT2D eigenvalue weighted by Crippen LogP contribution is -2.43. The maximum atomic E-state index is 11.0. The molecule has 170 valence electrons. The number of hydrogen-bond acceptors (Lipinski definition) is 4. The molecule has 1 aliphatic heterocycles. The highest BCUT2D eigenvalue weighted by molar-refractivity contribution is 5.87. The van der Waals surface area contributed by atoms with Crippen LogP contribution in [0.1, 0.15) is 27.9 Å². The molecule has 0 bridgehead atoms. The van der Waals surface area contributed by atoms with E-state index in [-0.39, 0.29) is 18.5 Å². The summed E-state index contributed by atoms with van der Waals surface area (Å²) < 4.78 is 5.96. The monoisotopic (exact) mass is 454 g/mol. The Balaban J connectivity index is 0.00000289. The van der Waals surface area contributed by atoms with Crippen LogP contribution in [0.4, 0.5) is 0 Å². The van der Waals surface area contributed by atoms with Crippen molar-refractivity contribution in [3.63, 3.8) is 0 Å². The Morgan fingerprint density at radius 3 is 2.62 bits per heavy atom. The summed E-state index contributed by atoms with van der Waals surface area (Å²) >= 11 is 0. The lowest BCUT2D eigenvalue weighted by Gasteiger charge is -2.33. The van der Waals surface area contributed by atoms with Crippen LogP contribution in [-0.4, -0.2) is 54.9 Å². The average Bonchev–Trinajstić information content (AvgIpc) is 2.79. The minimum atomic E-state index is -0.883. The Labute approximate surface area is 195 Å². The first-order valence-electron chi connectivity index (χ1n) is 11.0. The zero-order valence-electron chi connectivity index (χ0n) is 18.2. The zero-order valence-corrected chi connectivity index (χ0v) is 19.0. The highest BCUT2D eigenvalue weighted by atomic mass is 35.5. The van der Waals surface area contributed by atoms with Crippen molar-refractivity contribution in [2.45, 2.75) is 25.5 Å². The number of fused-ring (bicyclic) bond motifs is 1. The van der Waals surface area contributed by atoms with E-state index in [0.717, 1.165) is 57.7 Å². The Hall–Kier alpha value is -2.44. The molecule has 1 fully saturated rings. The second kappa shape index (κ2) is 12.0. The van der Waals surface area contributed by atoms with Crippen LogP contribution >= 0.6 is 12.4 Å². The summed E-state index contributed by atoms with van der Waals surface area (Å²) in [6.07, 6.45) is 2.24. The van der Waals surface area contributed by atoms with Crippen LogP contribution in [0.25, 0.3) is 10.8 Å². The molecule has 32 heavy (non-hydrogen) atoms. The molecule has 0 amide bonds. The molecule has 1 unspecified atom stereocenters. The third-order valence-electron chi connectivity index (χ3n) is 5.92. The molecule has 1 atom stereocenters. The summed E-state index contributed by atoms with van der Waals surface area (Å²) in [5.41, 5.74) is 2.86. The largest absolute Gasteiger partial charge is 0.478 e. The van der Waals surface area contributed by atoms with Crippen molar-refractivity contribution in [2.24, 2.45) is 0 Å². The van der Waals surface area contributed by atoms with Crippen LogP contribution in [0, 0.1) is 0 Å². The van der Waals surface area contributed by atoms with Gasteiger partial charge in [0, 0.05) is 19.6 Å². The van der Waals surface area contributed by atoms with Crippen LogP contribution in [-0.2, 0) is 17.7 Å². The number of halogens is 1. The van der Waals surface area contributed by atoms with Gasteiger partial charge in [0.15, 0.2) is 0 Å². The van der Waals surface area contributed by atoms with Gasteiger partial charge in [0.25, 0.3) is 0 Å². The van der Waals surface area contributed by atoms with E-state index in [9.17, 15) is 4.79 Å². The number of rotatable bonds is 9. The fourth-order valence-electron chi connectivity index (χ4n) is 4.23. The minimum absolute atomic E-state index is 0. The fourth-order valence-corrected chi connectivity index (χ4v) is 4.23. The number of ether oxygens (including phenoxy) is 1. The molecule has 0 spiro atoms. The van der Waals surface area contributed by atoms with Crippen molar-refractivity contribution in [2.75, 3.05) is 32.8 Å². The van der Waals surface area contributed by atoms with Crippen molar-refractivity contribution >= 4 is 29.1 Å². The summed E-state index contributed by atoms with van der Waals surface area (Å²) in [4.78, 5) is 13.4. The number of nitrogens with one attached hydrogen (secondary N) is 1. The second-order valence-corrected chi connectivity index (χ2v) is 8.16. The predicted molar refractivity (Wildman–Crippen MR) is 131 cm³/mol. The van der Waals surface area contributed by atoms with Crippen molar-refractivity contribution in [1.82, 2.24) is 10.2 Å². The van der Waals surface area contributed by atoms with Gasteiger partial charge in [0.2, 0.25) is 0 Å². The molecule has 1 saturated heterocycles. The van der Waals surface area contributed by atoms with Gasteiger partial charge in [0.1, 0.15) is 0 Å². The maximum Gasteiger partial charge on any atom is 0.335 e. The Morgan fingerprint density at radius 1 is 1.03 bits per heavy atom. The number of aromatic carboxylic acids is 1. The second-order valence-electron chi connectivity index (χ2n) is 8.16. The molecule has 6 heteroatoms. The third-order valence-corrected chi connectivity index (χ3v) is 5.92. The first-order valence-corrected chi connectivity index (χ1v) is 11.0. The molecular weight excluding hydrogens is 424 g/mol. The minimum Gasteiger partial charge on any atom is -0.478 e. The van der Waals surface area contributed by atoms with Crippen molar-refractivity contribution in [3.8, 4) is 0 Å². The first kappa shape index (κ1) is 24.2. The lowest BCUT2D eigenvalue weighted by molar-refractivity contribution is -0.0343. The van der Waals surface area contributed by atoms with Crippen molar-refractivity contribution in [3.05, 3.63) is 83.4 Å². The van der Waals surface area contributed by atoms with Gasteiger partial charge in [-0.05, 0) is 60.0 Å². The smallest absolute Gasteiger partial charge is 0.335 e. The van der Waals surface area contributed by atoms with Gasteiger partial charge in [-0.25, -0.2) is 4.79 Å². The number of morpholine rings is 1. The standard InChI is InChI=1S/C26H30N2O3.ClH/c29-26(30)23-10-8-20(9-11-23)18-28-16-17-31-24(19-28)13-15-27-14-12-22-6-3-5-21-4-1-2-7-25(21)22;/h1-11,24,27H,12-19H2,(H,29,30);1H. The third kappa shape index (κ3) is 6.53. The van der Waals surface area contributed by atoms with Gasteiger partial charge in [-0.2, -0.15) is 0 Å². The molecule has 0 saturated carbocycles. The van der Waals surface area contributed by atoms with Crippen LogP contribution in [0.2, 0.25) is 0 Å². The molecule has 5 nitrogen and oxygen atoms in total. The first-order chi connectivity index (χ1) is 15.2. The number of carboxylic acid groups (broad SMARTS) is 1. The van der Waals surface area contributed by atoms with E-state index in [4.69, 9.17) is 9.84 Å². The quantitative estimate of drug-likeness (QED) is 0.470. The number of benzene rings is 3. The van der Waals surface area contributed by atoms with Gasteiger partial charge in [0.05, 0.1) is 18.3 Å². The van der Waals surface area contributed by atoms with E-state index >= 15 is 0 Å². The molecule has 4 rings (SSSR count). The van der Waals surface area contributed by atoms with Gasteiger partial charge < -0.3 is 15.2 Å². The Kier molecular flexibility index (Phi) is 9.06. The predicted octanol–water partition coefficient (Wildman–Crippen LogP) is 4.38. The number of nitrogens with zero attached hydrogens (tertiary/aromatic N) is 1. The Morgan fingerprint density at radius 2 is 1.81 bits per heavy atom. The molecule has 1 aliphatic rings. The number of carboxylic acids is 1. The normalized spacial score (nSPS) is 16.6. The van der Waals surface area contributed by atoms with E-state index in [1.807, 2.05) is 12.1 Å². The summed E-state index contributed by atoms with van der Waals surface area (Å²) in [7, 11) is 0. The highest BCUT2D eigenvalue weighted by Crippen LogP contribution is 2.18. The fraction of sp³-hybridized carbons (Fsp3) is 0.346. The van der Waals surface area contributed by atoms with E-state index in [2.05, 4.69) is 52.7 Å². The van der Waals surface area contributed by atoms with Crippen molar-refractivity contribution < 1.29 is 14.6 Å². The molecule has 3 aromatic carbocycles. The van der Waals surface area contributed by atoms with E-state index in [1.54, 1.807) is 12.1 Å². The van der Waals surface area contributed by atoms with Gasteiger partial charge >= 0.3 is 5.97 Å². The van der Waals surface area contributed by atoms with Crippen LogP contribution in [0.15, 0.2) is 66.7 Å². The number of carbonyl (C=O) groups is 1. The highest BCUT2D eigenvalue weighted by Gasteiger charge is 2.20. The van der Waals surface area contributed by atoms with Crippen LogP contribution in [0.5, 0.6) is 0 Å². The SMILES string of the molecule is Cl.O=C(O)c1ccc(CN2CCOC(CCNCCc3cccc4ccccc34)C2)cc1. The van der Waals surface area contributed by atoms with Gasteiger partial charge in [-0.3, -0.25) is 4.90 Å². The van der Waals surface area contributed by atoms with Gasteiger partial charge in [-0.1, -0.05) is 54.6 Å². The molecule has 0 aliphatic carbocycles. The average molecular weight is 455 g/mol. The molecule has 0 aromatic heterocycles. The molecule has 0 radical (unpaired) electrons. The lowest BCUT2D eigenvalue weighted by atomic mass is 10.0. The van der Waals surface area contributed by atoms with Crippen LogP contribution < -0.4 is 5.32 Å². The molecule has 1 heterocycles. The topological polar surface area (TPSA) is 61.8 Å². The van der Waals surface area contributed by atoms with E-state index < -0.39 is 5.97 Å². The Bertz CT molecular complexity index is 1000. The maximum absolute atomic E-state index is 11.0.